The van der Waals surface area contributed by atoms with E-state index >= 15 is 0 Å². The van der Waals surface area contributed by atoms with Crippen molar-refractivity contribution in [2.45, 2.75) is 45.2 Å². The van der Waals surface area contributed by atoms with E-state index in [9.17, 15) is 0 Å². The quantitative estimate of drug-likeness (QED) is 0.781. The van der Waals surface area contributed by atoms with Crippen molar-refractivity contribution in [3.8, 4) is 0 Å². The Morgan fingerprint density at radius 2 is 2.33 bits per heavy atom. The summed E-state index contributed by atoms with van der Waals surface area (Å²) in [7, 11) is 1.96. The van der Waals surface area contributed by atoms with Gasteiger partial charge in [-0.25, -0.2) is 0 Å². The Morgan fingerprint density at radius 1 is 1.44 bits per heavy atom. The van der Waals surface area contributed by atoms with Crippen LogP contribution in [0.3, 0.4) is 0 Å². The highest BCUT2D eigenvalue weighted by atomic mass is 15.2. The van der Waals surface area contributed by atoms with E-state index in [-0.39, 0.29) is 0 Å². The second kappa shape index (κ2) is 6.90. The van der Waals surface area contributed by atoms with Crippen LogP contribution in [0, 0.1) is 0 Å². The van der Waals surface area contributed by atoms with Gasteiger partial charge in [-0.1, -0.05) is 6.42 Å². The number of nitrogens with one attached hydrogen (secondary N) is 1. The monoisotopic (exact) mass is 250 g/mol. The molecule has 2 rings (SSSR count). The minimum Gasteiger partial charge on any atom is -0.313 e. The van der Waals surface area contributed by atoms with Crippen LogP contribution in [0.5, 0.6) is 0 Å². The molecule has 102 valence electrons. The number of nitrogens with zero attached hydrogens (tertiary/aromatic N) is 3. The molecule has 18 heavy (non-hydrogen) atoms. The van der Waals surface area contributed by atoms with Crippen LogP contribution in [0.15, 0.2) is 12.4 Å². The SMILES string of the molecule is CC1CCCCN1CCCNCc1cnn(C)c1. The van der Waals surface area contributed by atoms with E-state index < -0.39 is 0 Å². The molecule has 0 spiro atoms. The predicted molar refractivity (Wildman–Crippen MR) is 74.4 cm³/mol. The van der Waals surface area contributed by atoms with E-state index in [1.54, 1.807) is 0 Å². The lowest BCUT2D eigenvalue weighted by Gasteiger charge is -2.33. The first-order chi connectivity index (χ1) is 8.75. The number of hydrogen-bond donors (Lipinski definition) is 1. The van der Waals surface area contributed by atoms with E-state index in [4.69, 9.17) is 0 Å². The predicted octanol–water partition coefficient (Wildman–Crippen LogP) is 1.77. The molecule has 2 heterocycles. The zero-order valence-electron chi connectivity index (χ0n) is 11.7. The normalized spacial score (nSPS) is 21.3. The average Bonchev–Trinajstić information content (AvgIpc) is 2.77. The summed E-state index contributed by atoms with van der Waals surface area (Å²) in [5, 5.41) is 7.66. The molecule has 4 nitrogen and oxygen atoms in total. The molecular weight excluding hydrogens is 224 g/mol. The summed E-state index contributed by atoms with van der Waals surface area (Å²) in [4.78, 5) is 2.63. The van der Waals surface area contributed by atoms with Gasteiger partial charge < -0.3 is 10.2 Å². The Morgan fingerprint density at radius 3 is 3.06 bits per heavy atom. The van der Waals surface area contributed by atoms with Gasteiger partial charge in [0.05, 0.1) is 6.20 Å². The van der Waals surface area contributed by atoms with Crippen molar-refractivity contribution in [2.75, 3.05) is 19.6 Å². The Balaban J connectivity index is 1.55. The maximum atomic E-state index is 4.17. The number of hydrogen-bond acceptors (Lipinski definition) is 3. The maximum Gasteiger partial charge on any atom is 0.0534 e. The minimum absolute atomic E-state index is 0.789. The summed E-state index contributed by atoms with van der Waals surface area (Å²) in [6.45, 7) is 6.93. The summed E-state index contributed by atoms with van der Waals surface area (Å²) in [5.41, 5.74) is 1.27. The van der Waals surface area contributed by atoms with Crippen molar-refractivity contribution in [2.24, 2.45) is 7.05 Å². The van der Waals surface area contributed by atoms with Crippen LogP contribution in [0.1, 0.15) is 38.2 Å². The van der Waals surface area contributed by atoms with Gasteiger partial charge in [-0.2, -0.15) is 5.10 Å². The lowest BCUT2D eigenvalue weighted by molar-refractivity contribution is 0.159. The summed E-state index contributed by atoms with van der Waals surface area (Å²) in [5.74, 6) is 0. The van der Waals surface area contributed by atoms with Crippen LogP contribution in [-0.2, 0) is 13.6 Å². The van der Waals surface area contributed by atoms with Crippen LogP contribution >= 0.6 is 0 Å². The van der Waals surface area contributed by atoms with Gasteiger partial charge in [-0.15, -0.1) is 0 Å². The van der Waals surface area contributed by atoms with Gasteiger partial charge >= 0.3 is 0 Å². The van der Waals surface area contributed by atoms with Crippen molar-refractivity contribution in [3.05, 3.63) is 18.0 Å². The molecule has 1 aromatic rings. The molecule has 0 amide bonds. The molecule has 1 saturated heterocycles. The molecule has 1 aliphatic heterocycles. The number of piperidine rings is 1. The van der Waals surface area contributed by atoms with E-state index in [1.165, 1.54) is 44.3 Å². The molecule has 0 radical (unpaired) electrons. The van der Waals surface area contributed by atoms with Gasteiger partial charge in [0, 0.05) is 31.4 Å². The lowest BCUT2D eigenvalue weighted by Crippen LogP contribution is -2.38. The molecule has 1 fully saturated rings. The summed E-state index contributed by atoms with van der Waals surface area (Å²) >= 11 is 0. The molecule has 1 atom stereocenters. The van der Waals surface area contributed by atoms with Gasteiger partial charge in [0.2, 0.25) is 0 Å². The fourth-order valence-corrected chi connectivity index (χ4v) is 2.69. The molecule has 4 heteroatoms. The fraction of sp³-hybridized carbons (Fsp3) is 0.786. The molecule has 1 unspecified atom stereocenters. The third-order valence-corrected chi connectivity index (χ3v) is 3.83. The number of aromatic nitrogens is 2. The molecule has 0 aliphatic carbocycles. The zero-order valence-corrected chi connectivity index (χ0v) is 11.7. The fourth-order valence-electron chi connectivity index (χ4n) is 2.69. The number of likely N-dealkylation sites (tertiary alicyclic amines) is 1. The standard InChI is InChI=1S/C14H26N4/c1-13-6-3-4-8-18(13)9-5-7-15-10-14-11-16-17(2)12-14/h11-13,15H,3-10H2,1-2H3. The first kappa shape index (κ1) is 13.6. The van der Waals surface area contributed by atoms with Gasteiger partial charge in [0.15, 0.2) is 0 Å². The van der Waals surface area contributed by atoms with Crippen LogP contribution in [-0.4, -0.2) is 40.4 Å². The summed E-state index contributed by atoms with van der Waals surface area (Å²) in [6, 6.07) is 0.789. The van der Waals surface area contributed by atoms with Crippen molar-refractivity contribution >= 4 is 0 Å². The van der Waals surface area contributed by atoms with E-state index in [0.29, 0.717) is 0 Å². The van der Waals surface area contributed by atoms with E-state index in [2.05, 4.69) is 28.4 Å². The van der Waals surface area contributed by atoms with Gasteiger partial charge in [-0.05, 0) is 45.8 Å². The van der Waals surface area contributed by atoms with E-state index in [0.717, 1.165) is 19.1 Å². The topological polar surface area (TPSA) is 33.1 Å². The Labute approximate surface area is 110 Å². The largest absolute Gasteiger partial charge is 0.313 e. The zero-order chi connectivity index (χ0) is 12.8. The highest BCUT2D eigenvalue weighted by molar-refractivity contribution is 5.02. The summed E-state index contributed by atoms with van der Waals surface area (Å²) < 4.78 is 1.85. The second-order valence-electron chi connectivity index (χ2n) is 5.43. The van der Waals surface area contributed by atoms with Crippen LogP contribution < -0.4 is 5.32 Å². The average molecular weight is 250 g/mol. The lowest BCUT2D eigenvalue weighted by atomic mass is 10.0. The Hall–Kier alpha value is -0.870. The Kier molecular flexibility index (Phi) is 5.20. The molecule has 1 aliphatic rings. The summed E-state index contributed by atoms with van der Waals surface area (Å²) in [6.07, 6.45) is 9.41. The molecule has 0 aromatic carbocycles. The number of rotatable bonds is 6. The number of aryl methyl sites for hydroxylation is 1. The van der Waals surface area contributed by atoms with E-state index in [1.807, 2.05) is 17.9 Å². The van der Waals surface area contributed by atoms with Crippen LogP contribution in [0.25, 0.3) is 0 Å². The first-order valence-corrected chi connectivity index (χ1v) is 7.18. The molecule has 0 bridgehead atoms. The third-order valence-electron chi connectivity index (χ3n) is 3.83. The van der Waals surface area contributed by atoms with Crippen LogP contribution in [0.2, 0.25) is 0 Å². The minimum atomic E-state index is 0.789. The molecular formula is C14H26N4. The van der Waals surface area contributed by atoms with Crippen molar-refractivity contribution in [1.82, 2.24) is 20.0 Å². The molecule has 0 saturated carbocycles. The first-order valence-electron chi connectivity index (χ1n) is 7.18. The third kappa shape index (κ3) is 4.10. The molecule has 1 aromatic heterocycles. The van der Waals surface area contributed by atoms with Crippen molar-refractivity contribution < 1.29 is 0 Å². The maximum absolute atomic E-state index is 4.17. The van der Waals surface area contributed by atoms with Crippen LogP contribution in [0.4, 0.5) is 0 Å². The second-order valence-corrected chi connectivity index (χ2v) is 5.43. The van der Waals surface area contributed by atoms with Crippen molar-refractivity contribution in [3.63, 3.8) is 0 Å². The smallest absolute Gasteiger partial charge is 0.0534 e. The molecule has 1 N–H and O–H groups in total. The van der Waals surface area contributed by atoms with Gasteiger partial charge in [-0.3, -0.25) is 4.68 Å². The van der Waals surface area contributed by atoms with Crippen molar-refractivity contribution in [1.29, 1.82) is 0 Å². The Bertz CT molecular complexity index is 347. The highest BCUT2D eigenvalue weighted by Crippen LogP contribution is 2.15. The highest BCUT2D eigenvalue weighted by Gasteiger charge is 2.16. The van der Waals surface area contributed by atoms with Gasteiger partial charge in [0.25, 0.3) is 0 Å². The van der Waals surface area contributed by atoms with Gasteiger partial charge in [0.1, 0.15) is 0 Å².